The van der Waals surface area contributed by atoms with E-state index in [1.807, 2.05) is 0 Å². The Bertz CT molecular complexity index is 10200. The summed E-state index contributed by atoms with van der Waals surface area (Å²) in [6.07, 6.45) is 0. The molecule has 0 spiro atoms. The first kappa shape index (κ1) is 83.1. The van der Waals surface area contributed by atoms with Crippen molar-refractivity contribution in [2.75, 3.05) is 0 Å². The Kier molecular flexibility index (Phi) is 19.9. The van der Waals surface area contributed by atoms with E-state index in [1.54, 1.807) is 0 Å². The minimum Gasteiger partial charge on any atom is -0.309 e. The van der Waals surface area contributed by atoms with Crippen molar-refractivity contribution in [1.29, 1.82) is 0 Å². The SMILES string of the molecule is c1ccc(-c2cc(-c3ccccc3)cc(-n3c4ccccc4c4cc5c6cc7ccccc7cc6n(-c6ccccc6)c5cc43)c2)cc1.c1ccc(-c2ccccc2-c2ccc(-n3c4ccccc4c4cc5c6cc7ccccc7cc6n(-c6ccccc6)c5cc43)cc2)cc1.c1ccc(-c2ccccc2-c2cccc(-n3c4ccccc4c4cc5c6cc7ccccc7cc6n(-c6ccccc6)c5cc43)c2)cc1. The third-order valence-electron chi connectivity index (χ3n) is 29.6. The summed E-state index contributed by atoms with van der Waals surface area (Å²) in [5.41, 5.74) is 36.0. The van der Waals surface area contributed by atoms with E-state index in [-0.39, 0.29) is 0 Å². The summed E-state index contributed by atoms with van der Waals surface area (Å²) in [4.78, 5) is 0. The minimum absolute atomic E-state index is 1.15. The van der Waals surface area contributed by atoms with Crippen LogP contribution in [0.2, 0.25) is 0 Å². The highest BCUT2D eigenvalue weighted by molar-refractivity contribution is 6.25. The average molecular weight is 1830 g/mol. The van der Waals surface area contributed by atoms with Gasteiger partial charge in [-0.2, -0.15) is 0 Å². The third-order valence-corrected chi connectivity index (χ3v) is 29.6. The molecule has 0 amide bonds. The van der Waals surface area contributed by atoms with E-state index < -0.39 is 0 Å². The summed E-state index contributed by atoms with van der Waals surface area (Å²) in [6, 6.07) is 199. The first-order valence-electron chi connectivity index (χ1n) is 49.6. The molecule has 24 aromatic carbocycles. The molecule has 0 atom stereocenters. The molecule has 0 aliphatic carbocycles. The molecular formula is C138H90N6. The molecule has 6 nitrogen and oxygen atoms in total. The van der Waals surface area contributed by atoms with Crippen molar-refractivity contribution >= 4 is 163 Å². The van der Waals surface area contributed by atoms with Gasteiger partial charge in [-0.15, -0.1) is 0 Å². The second kappa shape index (κ2) is 34.5. The molecule has 672 valence electrons. The molecule has 0 N–H and O–H groups in total. The van der Waals surface area contributed by atoms with Crippen LogP contribution in [0.5, 0.6) is 0 Å². The molecule has 0 bridgehead atoms. The Hall–Kier alpha value is -19.1. The quantitative estimate of drug-likeness (QED) is 0.117. The highest BCUT2D eigenvalue weighted by atomic mass is 15.0. The number of hydrogen-bond acceptors (Lipinski definition) is 0. The summed E-state index contributed by atoms with van der Waals surface area (Å²) in [7, 11) is 0. The van der Waals surface area contributed by atoms with Gasteiger partial charge in [0.1, 0.15) is 0 Å². The van der Waals surface area contributed by atoms with Crippen LogP contribution in [0.25, 0.3) is 264 Å². The van der Waals surface area contributed by atoms with E-state index in [4.69, 9.17) is 0 Å². The van der Waals surface area contributed by atoms with Gasteiger partial charge in [0.05, 0.1) is 66.2 Å². The lowest BCUT2D eigenvalue weighted by Gasteiger charge is -2.14. The van der Waals surface area contributed by atoms with Crippen LogP contribution in [0.15, 0.2) is 546 Å². The predicted octanol–water partition coefficient (Wildman–Crippen LogP) is 37.1. The molecule has 0 aliphatic heterocycles. The van der Waals surface area contributed by atoms with Crippen molar-refractivity contribution in [1.82, 2.24) is 27.4 Å². The molecule has 0 saturated carbocycles. The van der Waals surface area contributed by atoms with Gasteiger partial charge in [0, 0.05) is 98.8 Å². The van der Waals surface area contributed by atoms with Gasteiger partial charge >= 0.3 is 0 Å². The van der Waals surface area contributed by atoms with Gasteiger partial charge in [-0.3, -0.25) is 0 Å². The van der Waals surface area contributed by atoms with Gasteiger partial charge < -0.3 is 27.4 Å². The normalized spacial score (nSPS) is 11.8. The largest absolute Gasteiger partial charge is 0.309 e. The predicted molar refractivity (Wildman–Crippen MR) is 610 cm³/mol. The standard InChI is InChI=1S/3C46H30N2/c1-4-14-31(15-5-1)35-24-36(32-16-6-2-7-17-32)26-38(25-35)48-43-23-13-12-22-39(43)41-29-42-40-27-33-18-10-11-19-34(33)28-44(40)47(46(42)30-45(41)48)37-20-8-3-9-21-37;1-3-14-31(15-4-1)37-22-9-10-23-38(37)34-18-13-21-36(26-34)48-43-25-12-11-24-39(43)41-29-42-40-27-32-16-7-8-17-33(32)28-44(40)47(46(42)30-45(41)48)35-19-5-2-6-20-35;1-3-13-31(14-4-1)37-19-9-10-20-38(37)32-23-25-36(26-24-32)47-43-22-12-11-21-39(43)41-29-42-40-27-33-15-7-8-16-34(33)28-44(40)48(46(42)30-45(41)47)35-17-5-2-6-18-35/h3*1-30H. The van der Waals surface area contributed by atoms with Gasteiger partial charge in [-0.05, 0) is 269 Å². The molecular weight excluding hydrogens is 1740 g/mol. The fourth-order valence-electron chi connectivity index (χ4n) is 23.0. The van der Waals surface area contributed by atoms with Crippen LogP contribution in [0, 0.1) is 0 Å². The first-order chi connectivity index (χ1) is 71.4. The maximum atomic E-state index is 2.46. The zero-order valence-corrected chi connectivity index (χ0v) is 78.6. The Labute approximate surface area is 831 Å². The second-order valence-corrected chi connectivity index (χ2v) is 37.8. The molecule has 6 aromatic heterocycles. The van der Waals surface area contributed by atoms with E-state index in [9.17, 15) is 0 Å². The minimum atomic E-state index is 1.15. The lowest BCUT2D eigenvalue weighted by Crippen LogP contribution is -1.97. The molecule has 30 aromatic rings. The summed E-state index contributed by atoms with van der Waals surface area (Å²) in [5, 5.41) is 22.7. The zero-order chi connectivity index (χ0) is 94.8. The fraction of sp³-hybridized carbons (Fsp3) is 0. The van der Waals surface area contributed by atoms with Gasteiger partial charge in [0.2, 0.25) is 0 Å². The lowest BCUT2D eigenvalue weighted by atomic mass is 9.94. The monoisotopic (exact) mass is 1830 g/mol. The van der Waals surface area contributed by atoms with E-state index >= 15 is 0 Å². The van der Waals surface area contributed by atoms with Crippen molar-refractivity contribution in [3.63, 3.8) is 0 Å². The Morgan fingerprint density at radius 3 is 0.653 bits per heavy atom. The number of nitrogens with zero attached hydrogens (tertiary/aromatic N) is 6. The van der Waals surface area contributed by atoms with Gasteiger partial charge in [0.25, 0.3) is 0 Å². The highest BCUT2D eigenvalue weighted by Gasteiger charge is 2.26. The number of benzene rings is 24. The van der Waals surface area contributed by atoms with E-state index in [2.05, 4.69) is 573 Å². The van der Waals surface area contributed by atoms with Crippen molar-refractivity contribution in [3.8, 4) is 101 Å². The van der Waals surface area contributed by atoms with E-state index in [0.717, 1.165) is 34.1 Å². The van der Waals surface area contributed by atoms with E-state index in [1.165, 1.54) is 230 Å². The van der Waals surface area contributed by atoms with Crippen LogP contribution in [0.3, 0.4) is 0 Å². The van der Waals surface area contributed by atoms with Crippen LogP contribution in [-0.2, 0) is 0 Å². The molecule has 0 radical (unpaired) electrons. The summed E-state index contributed by atoms with van der Waals surface area (Å²) < 4.78 is 14.6. The summed E-state index contributed by atoms with van der Waals surface area (Å²) >= 11 is 0. The second-order valence-electron chi connectivity index (χ2n) is 37.8. The topological polar surface area (TPSA) is 29.6 Å². The van der Waals surface area contributed by atoms with Crippen LogP contribution in [0.1, 0.15) is 0 Å². The number of fused-ring (bicyclic) bond motifs is 21. The first-order valence-corrected chi connectivity index (χ1v) is 49.6. The van der Waals surface area contributed by atoms with Gasteiger partial charge in [-0.25, -0.2) is 0 Å². The van der Waals surface area contributed by atoms with Crippen LogP contribution >= 0.6 is 0 Å². The Morgan fingerprint density at radius 2 is 0.306 bits per heavy atom. The average Bonchev–Trinajstić information content (AvgIpc) is 1.56. The summed E-state index contributed by atoms with van der Waals surface area (Å²) in [5.74, 6) is 0. The molecule has 0 saturated heterocycles. The van der Waals surface area contributed by atoms with Gasteiger partial charge in [-0.1, -0.05) is 376 Å². The van der Waals surface area contributed by atoms with Crippen molar-refractivity contribution in [3.05, 3.63) is 546 Å². The Morgan fingerprint density at radius 1 is 0.0903 bits per heavy atom. The maximum Gasteiger partial charge on any atom is 0.0562 e. The number of aromatic nitrogens is 6. The Balaban J connectivity index is 0.000000105. The van der Waals surface area contributed by atoms with Crippen LogP contribution < -0.4 is 0 Å². The molecule has 6 heteroatoms. The number of rotatable bonds is 12. The van der Waals surface area contributed by atoms with Gasteiger partial charge in [0.15, 0.2) is 0 Å². The highest BCUT2D eigenvalue weighted by Crippen LogP contribution is 2.48. The van der Waals surface area contributed by atoms with Crippen LogP contribution in [-0.4, -0.2) is 27.4 Å². The lowest BCUT2D eigenvalue weighted by molar-refractivity contribution is 1.17. The van der Waals surface area contributed by atoms with Crippen molar-refractivity contribution < 1.29 is 0 Å². The number of para-hydroxylation sites is 6. The molecule has 0 unspecified atom stereocenters. The van der Waals surface area contributed by atoms with E-state index in [0.29, 0.717) is 0 Å². The van der Waals surface area contributed by atoms with Crippen molar-refractivity contribution in [2.45, 2.75) is 0 Å². The molecule has 144 heavy (non-hydrogen) atoms. The smallest absolute Gasteiger partial charge is 0.0562 e. The fourth-order valence-corrected chi connectivity index (χ4v) is 23.0. The van der Waals surface area contributed by atoms with Crippen molar-refractivity contribution in [2.24, 2.45) is 0 Å². The summed E-state index contributed by atoms with van der Waals surface area (Å²) in [6.45, 7) is 0. The molecule has 30 rings (SSSR count). The maximum absolute atomic E-state index is 2.46. The molecule has 0 fully saturated rings. The molecule has 6 heterocycles. The van der Waals surface area contributed by atoms with Crippen LogP contribution in [0.4, 0.5) is 0 Å². The number of hydrogen-bond donors (Lipinski definition) is 0. The third kappa shape index (κ3) is 14.0. The molecule has 0 aliphatic rings. The zero-order valence-electron chi connectivity index (χ0n) is 78.6.